The molecule has 1 atom stereocenters. The van der Waals surface area contributed by atoms with Crippen molar-refractivity contribution in [1.29, 1.82) is 0 Å². The zero-order valence-electron chi connectivity index (χ0n) is 14.0. The molecule has 2 nitrogen and oxygen atoms in total. The van der Waals surface area contributed by atoms with Gasteiger partial charge in [0, 0.05) is 0 Å². The highest BCUT2D eigenvalue weighted by molar-refractivity contribution is 8.00. The molecule has 2 aromatic rings. The number of hydrogen-bond donors (Lipinski definition) is 1. The molecule has 1 N–H and O–H groups in total. The Kier molecular flexibility index (Phi) is 6.56. The number of alkyl halides is 8. The third-order valence-electron chi connectivity index (χ3n) is 3.68. The molecule has 1 unspecified atom stereocenters. The standard InChI is InChI=1S/C16H8F10O2S2/c17-10-6-9(8-4-2-1-3-5-8)7-11(18)12(10)29-15(23,24)13(19,20)14(21,22)16(25,26)30(27)28/h1-7H,(H,27,28). The van der Waals surface area contributed by atoms with Crippen molar-refractivity contribution in [2.24, 2.45) is 0 Å². The third kappa shape index (κ3) is 4.04. The Morgan fingerprint density at radius 2 is 1.23 bits per heavy atom. The van der Waals surface area contributed by atoms with E-state index in [0.717, 1.165) is 0 Å². The highest BCUT2D eigenvalue weighted by Gasteiger charge is 2.83. The summed E-state index contributed by atoms with van der Waals surface area (Å²) in [5.41, 5.74) is -0.0156. The number of thioether (sulfide) groups is 1. The molecule has 0 bridgehead atoms. The summed E-state index contributed by atoms with van der Waals surface area (Å²) in [4.78, 5) is -1.84. The second-order valence-electron chi connectivity index (χ2n) is 5.67. The maximum atomic E-state index is 14.1. The Morgan fingerprint density at radius 1 is 0.767 bits per heavy atom. The van der Waals surface area contributed by atoms with Crippen molar-refractivity contribution in [3.8, 4) is 11.1 Å². The highest BCUT2D eigenvalue weighted by Crippen LogP contribution is 2.58. The SMILES string of the molecule is O=S(O)C(F)(F)C(F)(F)C(F)(F)C(F)(F)Sc1c(F)cc(-c2ccccc2)cc1F. The first kappa shape index (κ1) is 24.5. The number of halogens is 10. The van der Waals surface area contributed by atoms with Crippen molar-refractivity contribution >= 4 is 22.8 Å². The molecule has 0 fully saturated rings. The molecule has 2 aromatic carbocycles. The van der Waals surface area contributed by atoms with Crippen molar-refractivity contribution in [2.45, 2.75) is 27.2 Å². The fourth-order valence-electron chi connectivity index (χ4n) is 2.12. The summed E-state index contributed by atoms with van der Waals surface area (Å²) in [5.74, 6) is -17.7. The van der Waals surface area contributed by atoms with Crippen LogP contribution in [0.1, 0.15) is 0 Å². The van der Waals surface area contributed by atoms with Gasteiger partial charge in [-0.15, -0.1) is 0 Å². The summed E-state index contributed by atoms with van der Waals surface area (Å²) in [7, 11) is 0. The maximum Gasteiger partial charge on any atom is 0.413 e. The lowest BCUT2D eigenvalue weighted by Gasteiger charge is -2.34. The fourth-order valence-corrected chi connectivity index (χ4v) is 3.30. The van der Waals surface area contributed by atoms with E-state index < -0.39 is 61.7 Å². The molecule has 0 aliphatic carbocycles. The molecule has 30 heavy (non-hydrogen) atoms. The van der Waals surface area contributed by atoms with E-state index in [-0.39, 0.29) is 11.1 Å². The lowest BCUT2D eigenvalue weighted by molar-refractivity contribution is -0.324. The van der Waals surface area contributed by atoms with Crippen LogP contribution in [0.5, 0.6) is 0 Å². The van der Waals surface area contributed by atoms with E-state index in [1.807, 2.05) is 0 Å². The number of rotatable bonds is 7. The predicted octanol–water partition coefficient (Wildman–Crippen LogP) is 6.40. The van der Waals surface area contributed by atoms with Crippen LogP contribution in [-0.4, -0.2) is 31.1 Å². The smallest absolute Gasteiger partial charge is 0.301 e. The first-order valence-electron chi connectivity index (χ1n) is 7.42. The van der Waals surface area contributed by atoms with E-state index in [2.05, 4.69) is 0 Å². The van der Waals surface area contributed by atoms with Gasteiger partial charge in [-0.25, -0.2) is 13.0 Å². The van der Waals surface area contributed by atoms with Crippen LogP contribution in [0.4, 0.5) is 43.9 Å². The summed E-state index contributed by atoms with van der Waals surface area (Å²) in [6, 6.07) is 8.07. The molecule has 14 heteroatoms. The summed E-state index contributed by atoms with van der Waals surface area (Å²) in [5, 5.41) is -12.7. The van der Waals surface area contributed by atoms with E-state index >= 15 is 0 Å². The van der Waals surface area contributed by atoms with Gasteiger partial charge in [0.25, 0.3) is 0 Å². The molecule has 0 amide bonds. The van der Waals surface area contributed by atoms with Gasteiger partial charge in [0.05, 0.1) is 4.90 Å². The molecular weight excluding hydrogens is 478 g/mol. The molecule has 0 aromatic heterocycles. The minimum absolute atomic E-state index is 0.195. The monoisotopic (exact) mass is 486 g/mol. The van der Waals surface area contributed by atoms with E-state index in [9.17, 15) is 48.1 Å². The van der Waals surface area contributed by atoms with E-state index in [4.69, 9.17) is 4.55 Å². The summed E-state index contributed by atoms with van der Waals surface area (Å²) in [6.07, 6.45) is 0. The zero-order valence-corrected chi connectivity index (χ0v) is 15.6. The maximum absolute atomic E-state index is 14.1. The van der Waals surface area contributed by atoms with Gasteiger partial charge < -0.3 is 4.55 Å². The van der Waals surface area contributed by atoms with Crippen LogP contribution in [-0.2, 0) is 11.1 Å². The lowest BCUT2D eigenvalue weighted by atomic mass is 10.1. The topological polar surface area (TPSA) is 37.3 Å². The molecule has 0 heterocycles. The van der Waals surface area contributed by atoms with Crippen molar-refractivity contribution in [3.63, 3.8) is 0 Å². The Labute approximate surface area is 168 Å². The fraction of sp³-hybridized carbons (Fsp3) is 0.250. The highest BCUT2D eigenvalue weighted by atomic mass is 32.2. The molecule has 0 aliphatic heterocycles. The Morgan fingerprint density at radius 3 is 1.67 bits per heavy atom. The summed E-state index contributed by atoms with van der Waals surface area (Å²) < 4.78 is 154. The minimum atomic E-state index is -7.05. The third-order valence-corrected chi connectivity index (χ3v) is 5.48. The predicted molar refractivity (Wildman–Crippen MR) is 88.2 cm³/mol. The van der Waals surface area contributed by atoms with Gasteiger partial charge >= 0.3 is 22.4 Å². The van der Waals surface area contributed by atoms with Gasteiger partial charge in [-0.05, 0) is 35.0 Å². The lowest BCUT2D eigenvalue weighted by Crippen LogP contribution is -2.62. The average Bonchev–Trinajstić information content (AvgIpc) is 2.64. The molecule has 0 aliphatic rings. The first-order valence-corrected chi connectivity index (χ1v) is 9.34. The second-order valence-corrected chi connectivity index (χ2v) is 7.80. The van der Waals surface area contributed by atoms with E-state index in [0.29, 0.717) is 12.1 Å². The Bertz CT molecular complexity index is 927. The quantitative estimate of drug-likeness (QED) is 0.280. The van der Waals surface area contributed by atoms with Gasteiger partial charge in [0.15, 0.2) is 0 Å². The van der Waals surface area contributed by atoms with Crippen LogP contribution in [0.2, 0.25) is 0 Å². The van der Waals surface area contributed by atoms with Crippen LogP contribution in [0.25, 0.3) is 11.1 Å². The normalized spacial score (nSPS) is 14.6. The van der Waals surface area contributed by atoms with Crippen molar-refractivity contribution in [1.82, 2.24) is 0 Å². The largest absolute Gasteiger partial charge is 0.413 e. The van der Waals surface area contributed by atoms with E-state index in [1.165, 1.54) is 24.3 Å². The van der Waals surface area contributed by atoms with Crippen molar-refractivity contribution in [2.75, 3.05) is 0 Å². The zero-order chi connectivity index (χ0) is 23.1. The molecule has 0 spiro atoms. The number of benzene rings is 2. The van der Waals surface area contributed by atoms with Crippen LogP contribution < -0.4 is 0 Å². The van der Waals surface area contributed by atoms with E-state index in [1.54, 1.807) is 6.07 Å². The van der Waals surface area contributed by atoms with Gasteiger partial charge in [0.2, 0.25) is 11.1 Å². The molecule has 166 valence electrons. The molecular formula is C16H8F10O2S2. The van der Waals surface area contributed by atoms with Gasteiger partial charge in [0.1, 0.15) is 11.6 Å². The Hall–Kier alpha value is -1.80. The molecule has 0 radical (unpaired) electrons. The molecule has 0 saturated carbocycles. The summed E-state index contributed by atoms with van der Waals surface area (Å²) in [6.45, 7) is 0. The van der Waals surface area contributed by atoms with Crippen LogP contribution in [0.15, 0.2) is 47.4 Å². The molecule has 2 rings (SSSR count). The Balaban J connectivity index is 2.46. The van der Waals surface area contributed by atoms with Crippen LogP contribution in [0, 0.1) is 11.6 Å². The minimum Gasteiger partial charge on any atom is -0.301 e. The van der Waals surface area contributed by atoms with Crippen LogP contribution in [0.3, 0.4) is 0 Å². The summed E-state index contributed by atoms with van der Waals surface area (Å²) >= 11 is -6.72. The van der Waals surface area contributed by atoms with Crippen molar-refractivity contribution in [3.05, 3.63) is 54.1 Å². The molecule has 0 saturated heterocycles. The second kappa shape index (κ2) is 8.04. The van der Waals surface area contributed by atoms with Gasteiger partial charge in [-0.3, -0.25) is 0 Å². The number of hydrogen-bond acceptors (Lipinski definition) is 2. The van der Waals surface area contributed by atoms with Crippen LogP contribution >= 0.6 is 11.8 Å². The van der Waals surface area contributed by atoms with Crippen molar-refractivity contribution < 1.29 is 52.7 Å². The average molecular weight is 486 g/mol. The van der Waals surface area contributed by atoms with Gasteiger partial charge in [-0.1, -0.05) is 30.3 Å². The first-order chi connectivity index (χ1) is 13.6. The van der Waals surface area contributed by atoms with Gasteiger partial charge in [-0.2, -0.15) is 35.1 Å².